The summed E-state index contributed by atoms with van der Waals surface area (Å²) in [5.41, 5.74) is 1.08. The molecule has 2 heterocycles. The third kappa shape index (κ3) is 3.64. The van der Waals surface area contributed by atoms with E-state index in [-0.39, 0.29) is 0 Å². The summed E-state index contributed by atoms with van der Waals surface area (Å²) >= 11 is 1.67. The number of aryl methyl sites for hydroxylation is 2. The van der Waals surface area contributed by atoms with Crippen LogP contribution in [0, 0.1) is 13.8 Å². The normalized spacial score (nSPS) is 10.5. The maximum atomic E-state index is 4.48. The standard InChI is InChI=1S/C13H19N5S/c1-5-14-12-6-13(16-9(2)15-12)18(4)7-11-8-19-10(3)17-11/h6,8H,5,7H2,1-4H3,(H,14,15,16). The number of thiazole rings is 1. The fourth-order valence-corrected chi connectivity index (χ4v) is 2.43. The fourth-order valence-electron chi connectivity index (χ4n) is 1.82. The Balaban J connectivity index is 2.15. The number of nitrogens with zero attached hydrogens (tertiary/aromatic N) is 4. The lowest BCUT2D eigenvalue weighted by atomic mass is 10.4. The maximum absolute atomic E-state index is 4.48. The monoisotopic (exact) mass is 277 g/mol. The van der Waals surface area contributed by atoms with Crippen molar-refractivity contribution in [1.82, 2.24) is 15.0 Å². The van der Waals surface area contributed by atoms with Crippen molar-refractivity contribution in [2.24, 2.45) is 0 Å². The molecule has 6 heteroatoms. The van der Waals surface area contributed by atoms with Gasteiger partial charge in [-0.25, -0.2) is 15.0 Å². The smallest absolute Gasteiger partial charge is 0.134 e. The summed E-state index contributed by atoms with van der Waals surface area (Å²) in [7, 11) is 2.02. The van der Waals surface area contributed by atoms with Crippen LogP contribution in [0.3, 0.4) is 0 Å². The van der Waals surface area contributed by atoms with Crippen molar-refractivity contribution in [3.05, 3.63) is 28.0 Å². The largest absolute Gasteiger partial charge is 0.370 e. The second kappa shape index (κ2) is 5.97. The minimum absolute atomic E-state index is 0.756. The van der Waals surface area contributed by atoms with Gasteiger partial charge >= 0.3 is 0 Å². The van der Waals surface area contributed by atoms with E-state index in [1.54, 1.807) is 11.3 Å². The Hall–Kier alpha value is -1.69. The summed E-state index contributed by atoms with van der Waals surface area (Å²) in [5, 5.41) is 6.40. The van der Waals surface area contributed by atoms with Gasteiger partial charge in [0.1, 0.15) is 17.5 Å². The summed E-state index contributed by atoms with van der Waals surface area (Å²) in [4.78, 5) is 15.4. The fraction of sp³-hybridized carbons (Fsp3) is 0.462. The van der Waals surface area contributed by atoms with E-state index >= 15 is 0 Å². The zero-order chi connectivity index (χ0) is 13.8. The first-order chi connectivity index (χ1) is 9.08. The van der Waals surface area contributed by atoms with E-state index in [4.69, 9.17) is 0 Å². The quantitative estimate of drug-likeness (QED) is 0.910. The van der Waals surface area contributed by atoms with Gasteiger partial charge in [0.25, 0.3) is 0 Å². The molecule has 0 aliphatic rings. The van der Waals surface area contributed by atoms with Crippen LogP contribution in [0.4, 0.5) is 11.6 Å². The summed E-state index contributed by atoms with van der Waals surface area (Å²) in [6, 6.07) is 1.97. The van der Waals surface area contributed by atoms with E-state index in [0.29, 0.717) is 0 Å². The molecule has 0 atom stereocenters. The Kier molecular flexibility index (Phi) is 4.31. The predicted molar refractivity (Wildman–Crippen MR) is 79.9 cm³/mol. The van der Waals surface area contributed by atoms with E-state index in [9.17, 15) is 0 Å². The molecule has 2 aromatic heterocycles. The lowest BCUT2D eigenvalue weighted by molar-refractivity contribution is 0.856. The van der Waals surface area contributed by atoms with E-state index in [0.717, 1.165) is 41.3 Å². The minimum Gasteiger partial charge on any atom is -0.370 e. The molecular formula is C13H19N5S. The summed E-state index contributed by atoms with van der Waals surface area (Å²) in [6.07, 6.45) is 0. The summed E-state index contributed by atoms with van der Waals surface area (Å²) in [6.45, 7) is 7.59. The summed E-state index contributed by atoms with van der Waals surface area (Å²) in [5.74, 6) is 2.55. The highest BCUT2D eigenvalue weighted by atomic mass is 32.1. The third-order valence-electron chi connectivity index (χ3n) is 2.64. The molecule has 0 aliphatic carbocycles. The number of rotatable bonds is 5. The Morgan fingerprint density at radius 2 is 2.05 bits per heavy atom. The molecule has 0 radical (unpaired) electrons. The Morgan fingerprint density at radius 1 is 1.26 bits per heavy atom. The van der Waals surface area contributed by atoms with Gasteiger partial charge in [-0.05, 0) is 20.8 Å². The molecule has 2 aromatic rings. The van der Waals surface area contributed by atoms with Gasteiger partial charge in [0, 0.05) is 25.0 Å². The molecule has 0 aromatic carbocycles. The average molecular weight is 277 g/mol. The molecule has 102 valence electrons. The molecule has 1 N–H and O–H groups in total. The number of nitrogens with one attached hydrogen (secondary N) is 1. The SMILES string of the molecule is CCNc1cc(N(C)Cc2csc(C)n2)nc(C)n1. The highest BCUT2D eigenvalue weighted by Crippen LogP contribution is 2.17. The Bertz CT molecular complexity index is 552. The van der Waals surface area contributed by atoms with E-state index in [2.05, 4.69) is 37.5 Å². The molecule has 0 spiro atoms. The van der Waals surface area contributed by atoms with E-state index in [1.165, 1.54) is 0 Å². The van der Waals surface area contributed by atoms with Gasteiger partial charge in [0.05, 0.1) is 17.2 Å². The van der Waals surface area contributed by atoms with Crippen molar-refractivity contribution in [3.8, 4) is 0 Å². The van der Waals surface area contributed by atoms with Crippen LogP contribution in [0.2, 0.25) is 0 Å². The molecule has 0 aliphatic heterocycles. The average Bonchev–Trinajstić information content (AvgIpc) is 2.74. The van der Waals surface area contributed by atoms with Gasteiger partial charge in [0.2, 0.25) is 0 Å². The molecule has 5 nitrogen and oxygen atoms in total. The zero-order valence-corrected chi connectivity index (χ0v) is 12.6. The molecule has 0 unspecified atom stereocenters. The second-order valence-corrected chi connectivity index (χ2v) is 5.47. The highest BCUT2D eigenvalue weighted by Gasteiger charge is 2.08. The van der Waals surface area contributed by atoms with Crippen LogP contribution in [0.25, 0.3) is 0 Å². The number of aromatic nitrogens is 3. The van der Waals surface area contributed by atoms with Crippen LogP contribution in [0.5, 0.6) is 0 Å². The van der Waals surface area contributed by atoms with Crippen molar-refractivity contribution in [1.29, 1.82) is 0 Å². The van der Waals surface area contributed by atoms with Crippen molar-refractivity contribution in [2.75, 3.05) is 23.8 Å². The van der Waals surface area contributed by atoms with Gasteiger partial charge in [0.15, 0.2) is 0 Å². The lowest BCUT2D eigenvalue weighted by Crippen LogP contribution is -2.19. The van der Waals surface area contributed by atoms with Crippen LogP contribution in [-0.2, 0) is 6.54 Å². The van der Waals surface area contributed by atoms with Crippen molar-refractivity contribution >= 4 is 23.0 Å². The lowest BCUT2D eigenvalue weighted by Gasteiger charge is -2.18. The molecule has 0 saturated carbocycles. The van der Waals surface area contributed by atoms with Gasteiger partial charge in [-0.2, -0.15) is 0 Å². The van der Waals surface area contributed by atoms with E-state index in [1.807, 2.05) is 27.0 Å². The van der Waals surface area contributed by atoms with Crippen LogP contribution >= 0.6 is 11.3 Å². The third-order valence-corrected chi connectivity index (χ3v) is 3.46. The van der Waals surface area contributed by atoms with Crippen LogP contribution in [0.1, 0.15) is 23.4 Å². The van der Waals surface area contributed by atoms with Gasteiger partial charge in [-0.1, -0.05) is 0 Å². The first-order valence-electron chi connectivity index (χ1n) is 6.30. The summed E-state index contributed by atoms with van der Waals surface area (Å²) < 4.78 is 0. The van der Waals surface area contributed by atoms with Crippen LogP contribution in [-0.4, -0.2) is 28.5 Å². The van der Waals surface area contributed by atoms with Gasteiger partial charge < -0.3 is 10.2 Å². The molecule has 2 rings (SSSR count). The second-order valence-electron chi connectivity index (χ2n) is 4.40. The molecule has 0 saturated heterocycles. The molecule has 0 bridgehead atoms. The van der Waals surface area contributed by atoms with Crippen molar-refractivity contribution in [3.63, 3.8) is 0 Å². The maximum Gasteiger partial charge on any atom is 0.134 e. The van der Waals surface area contributed by atoms with E-state index < -0.39 is 0 Å². The number of hydrogen-bond donors (Lipinski definition) is 1. The number of anilines is 2. The predicted octanol–water partition coefficient (Wildman–Crippen LogP) is 2.62. The topological polar surface area (TPSA) is 53.9 Å². The minimum atomic E-state index is 0.756. The van der Waals surface area contributed by atoms with Crippen molar-refractivity contribution < 1.29 is 0 Å². The molecule has 0 amide bonds. The number of hydrogen-bond acceptors (Lipinski definition) is 6. The van der Waals surface area contributed by atoms with Gasteiger partial charge in [-0.15, -0.1) is 11.3 Å². The highest BCUT2D eigenvalue weighted by molar-refractivity contribution is 7.09. The first kappa shape index (κ1) is 13.7. The Labute approximate surface area is 117 Å². The van der Waals surface area contributed by atoms with Gasteiger partial charge in [-0.3, -0.25) is 0 Å². The van der Waals surface area contributed by atoms with Crippen molar-refractivity contribution in [2.45, 2.75) is 27.3 Å². The molecule has 0 fully saturated rings. The van der Waals surface area contributed by atoms with Crippen LogP contribution < -0.4 is 10.2 Å². The first-order valence-corrected chi connectivity index (χ1v) is 7.18. The molecule has 19 heavy (non-hydrogen) atoms. The zero-order valence-electron chi connectivity index (χ0n) is 11.8. The Morgan fingerprint density at radius 3 is 2.68 bits per heavy atom. The molecular weight excluding hydrogens is 258 g/mol. The van der Waals surface area contributed by atoms with Crippen LogP contribution in [0.15, 0.2) is 11.4 Å².